The monoisotopic (exact) mass is 251 g/mol. The zero-order valence-corrected chi connectivity index (χ0v) is 11.3. The van der Waals surface area contributed by atoms with Gasteiger partial charge in [0.1, 0.15) is 0 Å². The topological polar surface area (TPSA) is 49.6 Å². The van der Waals surface area contributed by atoms with Crippen LogP contribution in [0.25, 0.3) is 0 Å². The number of nitrogens with zero attached hydrogens (tertiary/aromatic N) is 2. The van der Waals surface area contributed by atoms with Crippen LogP contribution in [0.1, 0.15) is 38.5 Å². The highest BCUT2D eigenvalue weighted by atomic mass is 16.2. The number of hydrogen-bond donors (Lipinski definition) is 1. The Morgan fingerprint density at radius 2 is 1.89 bits per heavy atom. The van der Waals surface area contributed by atoms with Crippen molar-refractivity contribution in [3.8, 4) is 0 Å². The normalized spacial score (nSPS) is 41.1. The minimum Gasteiger partial charge on any atom is -0.341 e. The van der Waals surface area contributed by atoms with Crippen LogP contribution in [0.15, 0.2) is 0 Å². The number of fused-ring (bicyclic) bond motifs is 2. The van der Waals surface area contributed by atoms with E-state index in [-0.39, 0.29) is 12.0 Å². The summed E-state index contributed by atoms with van der Waals surface area (Å²) in [4.78, 5) is 17.2. The lowest BCUT2D eigenvalue weighted by Gasteiger charge is -2.29. The van der Waals surface area contributed by atoms with Crippen molar-refractivity contribution in [3.05, 3.63) is 0 Å². The maximum atomic E-state index is 12.6. The molecule has 2 bridgehead atoms. The van der Waals surface area contributed by atoms with Gasteiger partial charge in [0.15, 0.2) is 0 Å². The molecule has 0 aromatic heterocycles. The molecule has 3 fully saturated rings. The molecule has 102 valence electrons. The first-order valence-electron chi connectivity index (χ1n) is 7.43. The van der Waals surface area contributed by atoms with Crippen molar-refractivity contribution in [2.24, 2.45) is 11.7 Å². The van der Waals surface area contributed by atoms with Gasteiger partial charge in [0.05, 0.1) is 5.92 Å². The average molecular weight is 251 g/mol. The van der Waals surface area contributed by atoms with Gasteiger partial charge >= 0.3 is 0 Å². The molecule has 0 aromatic rings. The van der Waals surface area contributed by atoms with Gasteiger partial charge in [0.25, 0.3) is 0 Å². The van der Waals surface area contributed by atoms with Crippen molar-refractivity contribution in [2.75, 3.05) is 20.1 Å². The largest absolute Gasteiger partial charge is 0.341 e. The smallest absolute Gasteiger partial charge is 0.227 e. The Balaban J connectivity index is 1.68. The van der Waals surface area contributed by atoms with Crippen LogP contribution in [0.2, 0.25) is 0 Å². The first-order chi connectivity index (χ1) is 8.66. The lowest BCUT2D eigenvalue weighted by Crippen LogP contribution is -2.45. The van der Waals surface area contributed by atoms with E-state index in [2.05, 4.69) is 16.8 Å². The third kappa shape index (κ3) is 2.05. The van der Waals surface area contributed by atoms with E-state index in [4.69, 9.17) is 5.73 Å². The summed E-state index contributed by atoms with van der Waals surface area (Å²) in [6.45, 7) is 1.86. The standard InChI is InChI=1S/C14H25N3O/c1-16-10-5-6-11(16)9-17(8-7-10)14(18)12-3-2-4-13(12)15/h10-13H,2-9,15H2,1H3. The number of carbonyl (C=O) groups is 1. The second-order valence-corrected chi connectivity index (χ2v) is 6.32. The summed E-state index contributed by atoms with van der Waals surface area (Å²) in [5.74, 6) is 0.438. The number of likely N-dealkylation sites (N-methyl/N-ethyl adjacent to an activating group) is 1. The summed E-state index contributed by atoms with van der Waals surface area (Å²) >= 11 is 0. The van der Waals surface area contributed by atoms with Gasteiger partial charge in [-0.1, -0.05) is 6.42 Å². The number of nitrogens with two attached hydrogens (primary N) is 1. The molecule has 18 heavy (non-hydrogen) atoms. The first kappa shape index (κ1) is 12.4. The molecule has 4 heteroatoms. The van der Waals surface area contributed by atoms with Gasteiger partial charge in [-0.05, 0) is 39.2 Å². The molecule has 2 heterocycles. The second-order valence-electron chi connectivity index (χ2n) is 6.32. The van der Waals surface area contributed by atoms with E-state index < -0.39 is 0 Å². The predicted octanol–water partition coefficient (Wildman–Crippen LogP) is 0.809. The van der Waals surface area contributed by atoms with Crippen LogP contribution in [0.3, 0.4) is 0 Å². The molecule has 2 aliphatic heterocycles. The van der Waals surface area contributed by atoms with Gasteiger partial charge in [0, 0.05) is 31.2 Å². The first-order valence-corrected chi connectivity index (χ1v) is 7.43. The van der Waals surface area contributed by atoms with Crippen LogP contribution in [0.4, 0.5) is 0 Å². The number of carbonyl (C=O) groups excluding carboxylic acids is 1. The molecular formula is C14H25N3O. The minimum absolute atomic E-state index is 0.104. The maximum Gasteiger partial charge on any atom is 0.227 e. The Bertz CT molecular complexity index is 333. The molecule has 2 saturated heterocycles. The third-order valence-electron chi connectivity index (χ3n) is 5.35. The number of hydrogen-bond acceptors (Lipinski definition) is 3. The van der Waals surface area contributed by atoms with Gasteiger partial charge in [0.2, 0.25) is 5.91 Å². The van der Waals surface area contributed by atoms with Crippen molar-refractivity contribution < 1.29 is 4.79 Å². The van der Waals surface area contributed by atoms with E-state index in [1.165, 1.54) is 12.8 Å². The molecule has 1 aliphatic carbocycles. The fourth-order valence-electron chi connectivity index (χ4n) is 4.04. The molecule has 0 aromatic carbocycles. The Hall–Kier alpha value is -0.610. The molecule has 4 unspecified atom stereocenters. The predicted molar refractivity (Wildman–Crippen MR) is 71.1 cm³/mol. The van der Waals surface area contributed by atoms with Crippen molar-refractivity contribution >= 4 is 5.91 Å². The minimum atomic E-state index is 0.104. The van der Waals surface area contributed by atoms with Crippen molar-refractivity contribution in [1.82, 2.24) is 9.80 Å². The van der Waals surface area contributed by atoms with Crippen LogP contribution >= 0.6 is 0 Å². The van der Waals surface area contributed by atoms with E-state index in [9.17, 15) is 4.79 Å². The highest BCUT2D eigenvalue weighted by Crippen LogP contribution is 2.31. The van der Waals surface area contributed by atoms with Crippen LogP contribution < -0.4 is 5.73 Å². The lowest BCUT2D eigenvalue weighted by molar-refractivity contribution is -0.136. The van der Waals surface area contributed by atoms with E-state index >= 15 is 0 Å². The quantitative estimate of drug-likeness (QED) is 0.750. The number of amides is 1. The fourth-order valence-corrected chi connectivity index (χ4v) is 4.04. The van der Waals surface area contributed by atoms with Gasteiger partial charge < -0.3 is 10.6 Å². The van der Waals surface area contributed by atoms with E-state index in [0.29, 0.717) is 18.0 Å². The summed E-state index contributed by atoms with van der Waals surface area (Å²) < 4.78 is 0. The molecule has 4 nitrogen and oxygen atoms in total. The summed E-state index contributed by atoms with van der Waals surface area (Å²) in [5, 5.41) is 0. The van der Waals surface area contributed by atoms with Gasteiger partial charge in [-0.3, -0.25) is 9.69 Å². The Kier molecular flexibility index (Phi) is 3.32. The third-order valence-corrected chi connectivity index (χ3v) is 5.35. The molecule has 2 N–H and O–H groups in total. The average Bonchev–Trinajstić information content (AvgIpc) is 2.84. The molecule has 3 rings (SSSR count). The lowest BCUT2D eigenvalue weighted by atomic mass is 10.0. The molecule has 1 amide bonds. The van der Waals surface area contributed by atoms with Crippen molar-refractivity contribution in [3.63, 3.8) is 0 Å². The van der Waals surface area contributed by atoms with Crippen LogP contribution in [-0.4, -0.2) is 54.0 Å². The second kappa shape index (κ2) is 4.82. The zero-order valence-electron chi connectivity index (χ0n) is 11.3. The SMILES string of the molecule is CN1C2CCC1CN(C(=O)C1CCCC1N)CC2. The molecule has 1 saturated carbocycles. The zero-order chi connectivity index (χ0) is 12.7. The Labute approximate surface area is 109 Å². The van der Waals surface area contributed by atoms with Crippen molar-refractivity contribution in [1.29, 1.82) is 0 Å². The van der Waals surface area contributed by atoms with Gasteiger partial charge in [-0.2, -0.15) is 0 Å². The van der Waals surface area contributed by atoms with Crippen LogP contribution in [0, 0.1) is 5.92 Å². The summed E-state index contributed by atoms with van der Waals surface area (Å²) in [6.07, 6.45) is 6.85. The van der Waals surface area contributed by atoms with E-state index in [0.717, 1.165) is 38.8 Å². The highest BCUT2D eigenvalue weighted by molar-refractivity contribution is 5.80. The van der Waals surface area contributed by atoms with Gasteiger partial charge in [-0.15, -0.1) is 0 Å². The highest BCUT2D eigenvalue weighted by Gasteiger charge is 2.39. The number of rotatable bonds is 1. The summed E-state index contributed by atoms with van der Waals surface area (Å²) in [5.41, 5.74) is 6.07. The van der Waals surface area contributed by atoms with E-state index in [1.807, 2.05) is 0 Å². The maximum absolute atomic E-state index is 12.6. The molecular weight excluding hydrogens is 226 g/mol. The van der Waals surface area contributed by atoms with E-state index in [1.54, 1.807) is 0 Å². The van der Waals surface area contributed by atoms with Crippen LogP contribution in [-0.2, 0) is 4.79 Å². The molecule has 4 atom stereocenters. The molecule has 0 spiro atoms. The fraction of sp³-hybridized carbons (Fsp3) is 0.929. The van der Waals surface area contributed by atoms with Gasteiger partial charge in [-0.25, -0.2) is 0 Å². The van der Waals surface area contributed by atoms with Crippen LogP contribution in [0.5, 0.6) is 0 Å². The molecule has 3 aliphatic rings. The number of likely N-dealkylation sites (tertiary alicyclic amines) is 1. The van der Waals surface area contributed by atoms with Crippen molar-refractivity contribution in [2.45, 2.75) is 56.7 Å². The molecule has 0 radical (unpaired) electrons. The Morgan fingerprint density at radius 1 is 1.11 bits per heavy atom. The Morgan fingerprint density at radius 3 is 2.61 bits per heavy atom. The summed E-state index contributed by atoms with van der Waals surface area (Å²) in [7, 11) is 2.22. The summed E-state index contributed by atoms with van der Waals surface area (Å²) in [6, 6.07) is 1.39.